The second-order valence-electron chi connectivity index (χ2n) is 4.58. The number of para-hydroxylation sites is 1. The molecule has 1 unspecified atom stereocenters. The Kier molecular flexibility index (Phi) is 4.20. The van der Waals surface area contributed by atoms with Gasteiger partial charge in [0, 0.05) is 13.7 Å². The van der Waals surface area contributed by atoms with Gasteiger partial charge in [0.15, 0.2) is 0 Å². The highest BCUT2D eigenvalue weighted by Gasteiger charge is 2.23. The van der Waals surface area contributed by atoms with E-state index in [9.17, 15) is 0 Å². The Morgan fingerprint density at radius 2 is 1.53 bits per heavy atom. The molecule has 2 aromatic carbocycles. The van der Waals surface area contributed by atoms with Crippen LogP contribution in [0.15, 0.2) is 54.6 Å². The molecule has 2 rings (SSSR count). The fraction of sp³-hybridized carbons (Fsp3) is 0.250. The van der Waals surface area contributed by atoms with Gasteiger partial charge in [-0.05, 0) is 36.8 Å². The van der Waals surface area contributed by atoms with Crippen LogP contribution < -0.4 is 10.5 Å². The number of hydrogen-bond donors (Lipinski definition) is 1. The van der Waals surface area contributed by atoms with Crippen LogP contribution in [0.1, 0.15) is 12.5 Å². The molecule has 100 valence electrons. The van der Waals surface area contributed by atoms with Gasteiger partial charge >= 0.3 is 0 Å². The smallest absolute Gasteiger partial charge is 0.127 e. The lowest BCUT2D eigenvalue weighted by Crippen LogP contribution is -2.33. The lowest BCUT2D eigenvalue weighted by atomic mass is 9.96. The Morgan fingerprint density at radius 1 is 0.947 bits per heavy atom. The topological polar surface area (TPSA) is 44.5 Å². The zero-order chi connectivity index (χ0) is 13.7. The second-order valence-corrected chi connectivity index (χ2v) is 4.58. The minimum absolute atomic E-state index is 0.433. The first kappa shape index (κ1) is 13.6. The number of rotatable bonds is 5. The number of nitrogens with two attached hydrogens (primary N) is 1. The molecule has 19 heavy (non-hydrogen) atoms. The molecule has 0 aliphatic carbocycles. The predicted octanol–water partition coefficient (Wildman–Crippen LogP) is 3.30. The Balaban J connectivity index is 2.15. The summed E-state index contributed by atoms with van der Waals surface area (Å²) in [5, 5.41) is 0. The van der Waals surface area contributed by atoms with Crippen LogP contribution in [0.4, 0.5) is 0 Å². The Bertz CT molecular complexity index is 504. The number of hydrogen-bond acceptors (Lipinski definition) is 3. The van der Waals surface area contributed by atoms with Gasteiger partial charge in [-0.15, -0.1) is 0 Å². The number of methoxy groups -OCH3 is 1. The van der Waals surface area contributed by atoms with Crippen LogP contribution >= 0.6 is 0 Å². The molecule has 0 spiro atoms. The highest BCUT2D eigenvalue weighted by molar-refractivity contribution is 5.34. The van der Waals surface area contributed by atoms with Crippen molar-refractivity contribution < 1.29 is 9.47 Å². The van der Waals surface area contributed by atoms with E-state index in [0.717, 1.165) is 17.1 Å². The molecule has 0 fully saturated rings. The highest BCUT2D eigenvalue weighted by Crippen LogP contribution is 2.27. The molecule has 0 bridgehead atoms. The van der Waals surface area contributed by atoms with E-state index >= 15 is 0 Å². The van der Waals surface area contributed by atoms with Crippen LogP contribution in [0.2, 0.25) is 0 Å². The van der Waals surface area contributed by atoms with Crippen molar-refractivity contribution in [2.24, 2.45) is 5.73 Å². The van der Waals surface area contributed by atoms with Gasteiger partial charge in [-0.2, -0.15) is 0 Å². The van der Waals surface area contributed by atoms with Gasteiger partial charge in [0.05, 0.1) is 0 Å². The van der Waals surface area contributed by atoms with Crippen molar-refractivity contribution in [2.75, 3.05) is 13.7 Å². The zero-order valence-electron chi connectivity index (χ0n) is 11.3. The number of ether oxygens (including phenoxy) is 2. The molecule has 1 atom stereocenters. The monoisotopic (exact) mass is 257 g/mol. The van der Waals surface area contributed by atoms with Crippen LogP contribution in [0.25, 0.3) is 0 Å². The lowest BCUT2D eigenvalue weighted by molar-refractivity contribution is 0.0101. The Morgan fingerprint density at radius 3 is 2.05 bits per heavy atom. The molecule has 0 aliphatic heterocycles. The summed E-state index contributed by atoms with van der Waals surface area (Å²) in [4.78, 5) is 0. The lowest BCUT2D eigenvalue weighted by Gasteiger charge is -2.27. The summed E-state index contributed by atoms with van der Waals surface area (Å²) in [6.07, 6.45) is 0. The van der Waals surface area contributed by atoms with E-state index in [1.807, 2.05) is 61.5 Å². The van der Waals surface area contributed by atoms with Crippen molar-refractivity contribution in [3.63, 3.8) is 0 Å². The maximum absolute atomic E-state index is 5.75. The minimum atomic E-state index is -0.453. The Hall–Kier alpha value is -1.84. The van der Waals surface area contributed by atoms with E-state index in [1.165, 1.54) is 0 Å². The first-order valence-corrected chi connectivity index (χ1v) is 6.26. The molecule has 0 aliphatic rings. The van der Waals surface area contributed by atoms with Crippen LogP contribution in [-0.2, 0) is 10.3 Å². The average molecular weight is 257 g/mol. The third-order valence-electron chi connectivity index (χ3n) is 3.28. The minimum Gasteiger partial charge on any atom is -0.457 e. The predicted molar refractivity (Wildman–Crippen MR) is 76.4 cm³/mol. The van der Waals surface area contributed by atoms with E-state index in [1.54, 1.807) is 7.11 Å². The first-order valence-electron chi connectivity index (χ1n) is 6.26. The summed E-state index contributed by atoms with van der Waals surface area (Å²) < 4.78 is 11.2. The SMILES string of the molecule is COC(C)(CN)c1ccc(Oc2ccccc2)cc1. The molecule has 0 saturated carbocycles. The standard InChI is InChI=1S/C16H19NO2/c1-16(12-17,18-2)13-8-10-15(11-9-13)19-14-6-4-3-5-7-14/h3-11H,12,17H2,1-2H3. The molecular formula is C16H19NO2. The normalized spacial score (nSPS) is 13.8. The van der Waals surface area contributed by atoms with Gasteiger partial charge in [0.25, 0.3) is 0 Å². The summed E-state index contributed by atoms with van der Waals surface area (Å²) >= 11 is 0. The van der Waals surface area contributed by atoms with Gasteiger partial charge in [0.2, 0.25) is 0 Å². The molecule has 0 saturated heterocycles. The molecule has 0 radical (unpaired) electrons. The molecule has 0 aromatic heterocycles. The molecule has 2 N–H and O–H groups in total. The highest BCUT2D eigenvalue weighted by atomic mass is 16.5. The molecule has 0 amide bonds. The van der Waals surface area contributed by atoms with Gasteiger partial charge < -0.3 is 15.2 Å². The summed E-state index contributed by atoms with van der Waals surface area (Å²) in [6, 6.07) is 17.5. The van der Waals surface area contributed by atoms with Crippen molar-refractivity contribution in [1.82, 2.24) is 0 Å². The molecular weight excluding hydrogens is 238 g/mol. The fourth-order valence-corrected chi connectivity index (χ4v) is 1.82. The molecule has 2 aromatic rings. The largest absolute Gasteiger partial charge is 0.457 e. The van der Waals surface area contributed by atoms with Gasteiger partial charge in [-0.1, -0.05) is 30.3 Å². The van der Waals surface area contributed by atoms with E-state index in [0.29, 0.717) is 6.54 Å². The Labute approximate surface area is 114 Å². The van der Waals surface area contributed by atoms with Gasteiger partial charge in [-0.25, -0.2) is 0 Å². The second kappa shape index (κ2) is 5.87. The quantitative estimate of drug-likeness (QED) is 0.893. The average Bonchev–Trinajstić information content (AvgIpc) is 2.48. The molecule has 0 heterocycles. The van der Waals surface area contributed by atoms with Crippen molar-refractivity contribution in [1.29, 1.82) is 0 Å². The summed E-state index contributed by atoms with van der Waals surface area (Å²) in [5.74, 6) is 1.62. The van der Waals surface area contributed by atoms with E-state index in [2.05, 4.69) is 0 Å². The van der Waals surface area contributed by atoms with Crippen LogP contribution in [0.5, 0.6) is 11.5 Å². The van der Waals surface area contributed by atoms with Gasteiger partial charge in [0.1, 0.15) is 17.1 Å². The van der Waals surface area contributed by atoms with Crippen molar-refractivity contribution in [2.45, 2.75) is 12.5 Å². The summed E-state index contributed by atoms with van der Waals surface area (Å²) in [7, 11) is 1.67. The molecule has 3 heteroatoms. The van der Waals surface area contributed by atoms with Crippen molar-refractivity contribution in [3.8, 4) is 11.5 Å². The van der Waals surface area contributed by atoms with E-state index in [4.69, 9.17) is 15.2 Å². The molecule has 3 nitrogen and oxygen atoms in total. The van der Waals surface area contributed by atoms with E-state index in [-0.39, 0.29) is 0 Å². The summed E-state index contributed by atoms with van der Waals surface area (Å²) in [5.41, 5.74) is 6.34. The van der Waals surface area contributed by atoms with Crippen LogP contribution in [-0.4, -0.2) is 13.7 Å². The van der Waals surface area contributed by atoms with Crippen LogP contribution in [0, 0.1) is 0 Å². The van der Waals surface area contributed by atoms with E-state index < -0.39 is 5.60 Å². The summed E-state index contributed by atoms with van der Waals surface area (Å²) in [6.45, 7) is 2.41. The van der Waals surface area contributed by atoms with Gasteiger partial charge in [-0.3, -0.25) is 0 Å². The third kappa shape index (κ3) is 3.13. The third-order valence-corrected chi connectivity index (χ3v) is 3.28. The zero-order valence-corrected chi connectivity index (χ0v) is 11.3. The first-order chi connectivity index (χ1) is 9.18. The van der Waals surface area contributed by atoms with Crippen molar-refractivity contribution >= 4 is 0 Å². The maximum Gasteiger partial charge on any atom is 0.127 e. The maximum atomic E-state index is 5.75. The van der Waals surface area contributed by atoms with Crippen molar-refractivity contribution in [3.05, 3.63) is 60.2 Å². The fourth-order valence-electron chi connectivity index (χ4n) is 1.82. The van der Waals surface area contributed by atoms with Crippen LogP contribution in [0.3, 0.4) is 0 Å². The number of benzene rings is 2.